The Hall–Kier alpha value is -0.590. The molecule has 0 saturated carbocycles. The van der Waals surface area contributed by atoms with Gasteiger partial charge in [-0.25, -0.2) is 0 Å². The van der Waals surface area contributed by atoms with Crippen molar-refractivity contribution in [2.45, 2.75) is 19.8 Å². The Kier molecular flexibility index (Phi) is 3.71. The van der Waals surface area contributed by atoms with E-state index in [2.05, 4.69) is 30.3 Å². The predicted octanol–water partition coefficient (Wildman–Crippen LogP) is 0.831. The molecule has 0 unspecified atom stereocenters. The molecule has 0 aromatic carbocycles. The number of nitrogens with zero attached hydrogens (tertiary/aromatic N) is 2. The van der Waals surface area contributed by atoms with Gasteiger partial charge in [0.15, 0.2) is 0 Å². The van der Waals surface area contributed by atoms with E-state index in [0.717, 1.165) is 6.54 Å². The normalized spacial score (nSPS) is 22.5. The quantitative estimate of drug-likeness (QED) is 0.518. The summed E-state index contributed by atoms with van der Waals surface area (Å²) in [7, 11) is 2.17. The van der Waals surface area contributed by atoms with E-state index in [1.54, 1.807) is 0 Å². The molecule has 0 aromatic heterocycles. The lowest BCUT2D eigenvalue weighted by molar-refractivity contribution is 0.138. The number of nitriles is 1. The van der Waals surface area contributed by atoms with Crippen molar-refractivity contribution in [1.29, 1.82) is 5.26 Å². The van der Waals surface area contributed by atoms with E-state index in [9.17, 15) is 0 Å². The third-order valence-corrected chi connectivity index (χ3v) is 2.95. The molecule has 0 spiro atoms. The molecule has 0 bridgehead atoms. The second-order valence-corrected chi connectivity index (χ2v) is 4.38. The molecule has 0 aliphatic carbocycles. The summed E-state index contributed by atoms with van der Waals surface area (Å²) in [5, 5.41) is 11.6. The minimum absolute atomic E-state index is 0.406. The van der Waals surface area contributed by atoms with Crippen LogP contribution in [0, 0.1) is 16.7 Å². The first-order valence-corrected chi connectivity index (χ1v) is 4.92. The predicted molar refractivity (Wildman–Crippen MR) is 53.3 cm³/mol. The minimum Gasteiger partial charge on any atom is -0.306 e. The Balaban J connectivity index is 2.27. The maximum absolute atomic E-state index is 8.40. The number of rotatable bonds is 3. The van der Waals surface area contributed by atoms with Crippen molar-refractivity contribution in [3.05, 3.63) is 0 Å². The lowest BCUT2D eigenvalue weighted by Crippen LogP contribution is -2.42. The monoisotopic (exact) mass is 181 g/mol. The summed E-state index contributed by atoms with van der Waals surface area (Å²) in [6.45, 7) is 6.14. The van der Waals surface area contributed by atoms with Gasteiger partial charge in [-0.15, -0.1) is 0 Å². The summed E-state index contributed by atoms with van der Waals surface area (Å²) in [5.74, 6) is 0. The fraction of sp³-hybridized carbons (Fsp3) is 0.900. The molecule has 0 atom stereocenters. The summed E-state index contributed by atoms with van der Waals surface area (Å²) in [6.07, 6.45) is 2.48. The first-order chi connectivity index (χ1) is 6.16. The van der Waals surface area contributed by atoms with E-state index < -0.39 is 0 Å². The molecule has 13 heavy (non-hydrogen) atoms. The van der Waals surface area contributed by atoms with Crippen LogP contribution in [-0.4, -0.2) is 38.1 Å². The molecule has 1 fully saturated rings. The molecular weight excluding hydrogens is 162 g/mol. The smallest absolute Gasteiger partial charge is 0.0841 e. The molecule has 1 saturated heterocycles. The number of hydrogen-bond donors (Lipinski definition) is 1. The zero-order valence-corrected chi connectivity index (χ0v) is 8.64. The van der Waals surface area contributed by atoms with Gasteiger partial charge in [0, 0.05) is 6.54 Å². The van der Waals surface area contributed by atoms with Crippen molar-refractivity contribution in [3.63, 3.8) is 0 Å². The van der Waals surface area contributed by atoms with Crippen LogP contribution in [0.2, 0.25) is 0 Å². The van der Waals surface area contributed by atoms with E-state index >= 15 is 0 Å². The van der Waals surface area contributed by atoms with Gasteiger partial charge in [0.2, 0.25) is 0 Å². The number of hydrogen-bond acceptors (Lipinski definition) is 3. The standard InChI is InChI=1S/C10H19N3/c1-10(9-12-6-5-11)3-7-13(2)8-4-10/h12H,3-4,6-9H2,1-2H3. The average Bonchev–Trinajstić information content (AvgIpc) is 2.12. The van der Waals surface area contributed by atoms with Gasteiger partial charge < -0.3 is 10.2 Å². The lowest BCUT2D eigenvalue weighted by Gasteiger charge is -2.37. The van der Waals surface area contributed by atoms with Gasteiger partial charge in [-0.3, -0.25) is 0 Å². The van der Waals surface area contributed by atoms with Crippen molar-refractivity contribution in [1.82, 2.24) is 10.2 Å². The molecule has 3 nitrogen and oxygen atoms in total. The fourth-order valence-corrected chi connectivity index (χ4v) is 1.76. The van der Waals surface area contributed by atoms with Crippen LogP contribution in [-0.2, 0) is 0 Å². The van der Waals surface area contributed by atoms with E-state index in [0.29, 0.717) is 12.0 Å². The van der Waals surface area contributed by atoms with E-state index in [4.69, 9.17) is 5.26 Å². The molecule has 0 amide bonds. The van der Waals surface area contributed by atoms with Crippen LogP contribution in [0.4, 0.5) is 0 Å². The summed E-state index contributed by atoms with van der Waals surface area (Å²) >= 11 is 0. The summed E-state index contributed by atoms with van der Waals surface area (Å²) in [5.41, 5.74) is 0.406. The summed E-state index contributed by atoms with van der Waals surface area (Å²) in [6, 6.07) is 2.11. The van der Waals surface area contributed by atoms with Crippen molar-refractivity contribution < 1.29 is 0 Å². The molecular formula is C10H19N3. The second-order valence-electron chi connectivity index (χ2n) is 4.38. The zero-order chi connectivity index (χ0) is 9.73. The summed E-state index contributed by atoms with van der Waals surface area (Å²) in [4.78, 5) is 2.37. The van der Waals surface area contributed by atoms with Crippen molar-refractivity contribution in [2.24, 2.45) is 5.41 Å². The van der Waals surface area contributed by atoms with Gasteiger partial charge in [-0.2, -0.15) is 5.26 Å². The second kappa shape index (κ2) is 4.59. The largest absolute Gasteiger partial charge is 0.306 e. The van der Waals surface area contributed by atoms with Gasteiger partial charge in [0.05, 0.1) is 12.6 Å². The molecule has 1 rings (SSSR count). The van der Waals surface area contributed by atoms with Crippen molar-refractivity contribution in [2.75, 3.05) is 33.2 Å². The fourth-order valence-electron chi connectivity index (χ4n) is 1.76. The Morgan fingerprint density at radius 1 is 1.46 bits per heavy atom. The third kappa shape index (κ3) is 3.33. The van der Waals surface area contributed by atoms with Crippen LogP contribution >= 0.6 is 0 Å². The topological polar surface area (TPSA) is 39.1 Å². The van der Waals surface area contributed by atoms with Crippen molar-refractivity contribution in [3.8, 4) is 6.07 Å². The van der Waals surface area contributed by atoms with Gasteiger partial charge in [-0.1, -0.05) is 6.92 Å². The molecule has 1 N–H and O–H groups in total. The van der Waals surface area contributed by atoms with E-state index in [1.807, 2.05) is 0 Å². The molecule has 3 heteroatoms. The maximum Gasteiger partial charge on any atom is 0.0841 e. The molecule has 0 radical (unpaired) electrons. The number of piperidine rings is 1. The van der Waals surface area contributed by atoms with Crippen LogP contribution in [0.15, 0.2) is 0 Å². The highest BCUT2D eigenvalue weighted by Crippen LogP contribution is 2.29. The highest BCUT2D eigenvalue weighted by atomic mass is 15.1. The maximum atomic E-state index is 8.40. The molecule has 0 aromatic rings. The van der Waals surface area contributed by atoms with Gasteiger partial charge >= 0.3 is 0 Å². The molecule has 74 valence electrons. The molecule has 1 aliphatic rings. The summed E-state index contributed by atoms with van der Waals surface area (Å²) < 4.78 is 0. The van der Waals surface area contributed by atoms with Crippen LogP contribution in [0.1, 0.15) is 19.8 Å². The average molecular weight is 181 g/mol. The zero-order valence-electron chi connectivity index (χ0n) is 8.64. The van der Waals surface area contributed by atoms with Crippen LogP contribution < -0.4 is 5.32 Å². The SMILES string of the molecule is CN1CCC(C)(CNCC#N)CC1. The molecule has 1 heterocycles. The first-order valence-electron chi connectivity index (χ1n) is 4.92. The highest BCUT2D eigenvalue weighted by Gasteiger charge is 2.27. The van der Waals surface area contributed by atoms with E-state index in [-0.39, 0.29) is 0 Å². The Morgan fingerprint density at radius 3 is 2.62 bits per heavy atom. The number of likely N-dealkylation sites (tertiary alicyclic amines) is 1. The highest BCUT2D eigenvalue weighted by molar-refractivity contribution is 4.85. The first kappa shape index (κ1) is 10.5. The van der Waals surface area contributed by atoms with Gasteiger partial charge in [-0.05, 0) is 38.4 Å². The van der Waals surface area contributed by atoms with E-state index in [1.165, 1.54) is 25.9 Å². The van der Waals surface area contributed by atoms with Crippen molar-refractivity contribution >= 4 is 0 Å². The van der Waals surface area contributed by atoms with Gasteiger partial charge in [0.1, 0.15) is 0 Å². The molecule has 1 aliphatic heterocycles. The minimum atomic E-state index is 0.406. The Morgan fingerprint density at radius 2 is 2.08 bits per heavy atom. The number of nitrogens with one attached hydrogen (secondary N) is 1. The lowest BCUT2D eigenvalue weighted by atomic mass is 9.80. The Bertz CT molecular complexity index is 187. The van der Waals surface area contributed by atoms with Gasteiger partial charge in [0.25, 0.3) is 0 Å². The van der Waals surface area contributed by atoms with Crippen LogP contribution in [0.3, 0.4) is 0 Å². The van der Waals surface area contributed by atoms with Crippen LogP contribution in [0.25, 0.3) is 0 Å². The Labute approximate surface area is 80.7 Å². The third-order valence-electron chi connectivity index (χ3n) is 2.95. The van der Waals surface area contributed by atoms with Crippen LogP contribution in [0.5, 0.6) is 0 Å².